The number of unbranched alkanes of at least 4 members (excludes halogenated alkanes) is 1. The van der Waals surface area contributed by atoms with Gasteiger partial charge in [0.25, 0.3) is 5.91 Å². The third-order valence-corrected chi connectivity index (χ3v) is 6.66. The Morgan fingerprint density at radius 3 is 2.09 bits per heavy atom. The van der Waals surface area contributed by atoms with Crippen LogP contribution in [0.15, 0.2) is 49.1 Å². The molecule has 2 heterocycles. The van der Waals surface area contributed by atoms with Gasteiger partial charge in [0.2, 0.25) is 0 Å². The average Bonchev–Trinajstić information content (AvgIpc) is 3.51. The lowest BCUT2D eigenvalue weighted by molar-refractivity contribution is 0.0953. The molecule has 0 atom stereocenters. The van der Waals surface area contributed by atoms with E-state index in [9.17, 15) is 4.79 Å². The average molecular weight is 478 g/mol. The molecule has 0 bridgehead atoms. The van der Waals surface area contributed by atoms with E-state index < -0.39 is 0 Å². The number of aromatic nitrogens is 4. The maximum atomic E-state index is 12.6. The number of aromatic amines is 2. The molecule has 35 heavy (non-hydrogen) atoms. The van der Waals surface area contributed by atoms with Gasteiger partial charge in [0.05, 0.1) is 13.1 Å². The molecule has 0 unspecified atom stereocenters. The van der Waals surface area contributed by atoms with Crippen LogP contribution in [-0.4, -0.2) is 49.9 Å². The minimum Gasteiger partial charge on any atom is -0.352 e. The number of benzene rings is 1. The Labute approximate surface area is 208 Å². The number of imidazole rings is 2. The standard InChI is InChI=1S/C27H39N7O/c35-27(33-14-6-5-13-28-24-7-3-1-2-4-8-24)23-11-9-22(10-12-23)19-34(20-25-29-15-16-30-25)21-26-31-17-18-32-26/h9-12,15-18,24,28H,1-8,13-14,19-21H2,(H,29,30)(H,31,32)(H,33,35). The highest BCUT2D eigenvalue weighted by Gasteiger charge is 2.13. The van der Waals surface area contributed by atoms with Gasteiger partial charge in [-0.25, -0.2) is 9.97 Å². The number of H-pyrrole nitrogens is 2. The molecule has 1 aromatic carbocycles. The van der Waals surface area contributed by atoms with Gasteiger partial charge >= 0.3 is 0 Å². The summed E-state index contributed by atoms with van der Waals surface area (Å²) >= 11 is 0. The quantitative estimate of drug-likeness (QED) is 0.219. The predicted molar refractivity (Wildman–Crippen MR) is 138 cm³/mol. The molecule has 8 heteroatoms. The fraction of sp³-hybridized carbons (Fsp3) is 0.519. The molecule has 188 valence electrons. The Morgan fingerprint density at radius 1 is 0.857 bits per heavy atom. The summed E-state index contributed by atoms with van der Waals surface area (Å²) in [6.45, 7) is 3.86. The van der Waals surface area contributed by atoms with Crippen LogP contribution in [0.2, 0.25) is 0 Å². The molecule has 0 aliphatic heterocycles. The SMILES string of the molecule is O=C(NCCCCNC1CCCCCC1)c1ccc(CN(Cc2ncc[nH]2)Cc2ncc[nH]2)cc1. The first-order valence-corrected chi connectivity index (χ1v) is 13.1. The molecule has 1 amide bonds. The zero-order valence-corrected chi connectivity index (χ0v) is 20.6. The van der Waals surface area contributed by atoms with Gasteiger partial charge in [0, 0.05) is 49.5 Å². The Morgan fingerprint density at radius 2 is 1.49 bits per heavy atom. The van der Waals surface area contributed by atoms with E-state index in [1.54, 1.807) is 12.4 Å². The van der Waals surface area contributed by atoms with E-state index >= 15 is 0 Å². The van der Waals surface area contributed by atoms with Crippen LogP contribution >= 0.6 is 0 Å². The van der Waals surface area contributed by atoms with Crippen molar-refractivity contribution in [3.05, 3.63) is 71.8 Å². The topological polar surface area (TPSA) is 102 Å². The highest BCUT2D eigenvalue weighted by atomic mass is 16.1. The normalized spacial score (nSPS) is 14.8. The third-order valence-electron chi connectivity index (χ3n) is 6.66. The summed E-state index contributed by atoms with van der Waals surface area (Å²) in [6.07, 6.45) is 17.4. The van der Waals surface area contributed by atoms with E-state index in [0.29, 0.717) is 31.2 Å². The summed E-state index contributed by atoms with van der Waals surface area (Å²) < 4.78 is 0. The van der Waals surface area contributed by atoms with Crippen molar-refractivity contribution in [2.75, 3.05) is 13.1 Å². The van der Waals surface area contributed by atoms with E-state index in [1.165, 1.54) is 38.5 Å². The van der Waals surface area contributed by atoms with Crippen LogP contribution in [0.4, 0.5) is 0 Å². The highest BCUT2D eigenvalue weighted by Crippen LogP contribution is 2.17. The second-order valence-electron chi connectivity index (χ2n) is 9.52. The Balaban J connectivity index is 1.18. The lowest BCUT2D eigenvalue weighted by Gasteiger charge is -2.20. The van der Waals surface area contributed by atoms with Gasteiger partial charge in [-0.3, -0.25) is 9.69 Å². The van der Waals surface area contributed by atoms with Crippen LogP contribution in [0.1, 0.15) is 78.9 Å². The number of nitrogens with zero attached hydrogens (tertiary/aromatic N) is 3. The molecule has 4 rings (SSSR count). The Bertz CT molecular complexity index is 925. The predicted octanol–water partition coefficient (Wildman–Crippen LogP) is 4.16. The molecule has 8 nitrogen and oxygen atoms in total. The molecule has 1 fully saturated rings. The van der Waals surface area contributed by atoms with Gasteiger partial charge in [-0.15, -0.1) is 0 Å². The molecule has 1 aliphatic carbocycles. The van der Waals surface area contributed by atoms with Crippen molar-refractivity contribution in [1.29, 1.82) is 0 Å². The lowest BCUT2D eigenvalue weighted by atomic mass is 10.1. The van der Waals surface area contributed by atoms with Gasteiger partial charge in [-0.1, -0.05) is 37.8 Å². The molecular formula is C27H39N7O. The molecule has 1 saturated carbocycles. The smallest absolute Gasteiger partial charge is 0.251 e. The van der Waals surface area contributed by atoms with Crippen molar-refractivity contribution in [3.63, 3.8) is 0 Å². The van der Waals surface area contributed by atoms with Crippen molar-refractivity contribution in [2.24, 2.45) is 0 Å². The molecule has 0 saturated heterocycles. The van der Waals surface area contributed by atoms with E-state index in [4.69, 9.17) is 0 Å². The van der Waals surface area contributed by atoms with Gasteiger partial charge in [-0.2, -0.15) is 0 Å². The van der Waals surface area contributed by atoms with Crippen LogP contribution in [0.3, 0.4) is 0 Å². The maximum Gasteiger partial charge on any atom is 0.251 e. The van der Waals surface area contributed by atoms with E-state index in [0.717, 1.165) is 43.1 Å². The highest BCUT2D eigenvalue weighted by molar-refractivity contribution is 5.94. The summed E-state index contributed by atoms with van der Waals surface area (Å²) in [5.41, 5.74) is 1.85. The van der Waals surface area contributed by atoms with Gasteiger partial charge in [-0.05, 0) is 49.9 Å². The first-order chi connectivity index (χ1) is 17.3. The summed E-state index contributed by atoms with van der Waals surface area (Å²) in [4.78, 5) is 29.9. The number of rotatable bonds is 13. The molecule has 2 aromatic heterocycles. The minimum atomic E-state index is -0.00342. The van der Waals surface area contributed by atoms with Gasteiger partial charge in [0.15, 0.2) is 0 Å². The van der Waals surface area contributed by atoms with Crippen molar-refractivity contribution < 1.29 is 4.79 Å². The largest absolute Gasteiger partial charge is 0.352 e. The minimum absolute atomic E-state index is 0.00342. The second-order valence-corrected chi connectivity index (χ2v) is 9.52. The maximum absolute atomic E-state index is 12.6. The van der Waals surface area contributed by atoms with Crippen LogP contribution in [0.25, 0.3) is 0 Å². The first-order valence-electron chi connectivity index (χ1n) is 13.1. The summed E-state index contributed by atoms with van der Waals surface area (Å²) in [5, 5.41) is 6.77. The third kappa shape index (κ3) is 8.64. The number of nitrogens with one attached hydrogen (secondary N) is 4. The summed E-state index contributed by atoms with van der Waals surface area (Å²) in [6, 6.07) is 8.58. The van der Waals surface area contributed by atoms with Crippen LogP contribution in [-0.2, 0) is 19.6 Å². The zero-order chi connectivity index (χ0) is 24.1. The van der Waals surface area contributed by atoms with Gasteiger partial charge in [0.1, 0.15) is 11.6 Å². The summed E-state index contributed by atoms with van der Waals surface area (Å²) in [5.74, 6) is 1.82. The fourth-order valence-corrected chi connectivity index (χ4v) is 4.72. The number of amides is 1. The zero-order valence-electron chi connectivity index (χ0n) is 20.6. The van der Waals surface area contributed by atoms with Gasteiger partial charge < -0.3 is 20.6 Å². The van der Waals surface area contributed by atoms with Crippen LogP contribution in [0.5, 0.6) is 0 Å². The van der Waals surface area contributed by atoms with Crippen molar-refractivity contribution >= 4 is 5.91 Å². The second kappa shape index (κ2) is 13.8. The number of hydrogen-bond acceptors (Lipinski definition) is 5. The number of carbonyl (C=O) groups excluding carboxylic acids is 1. The molecule has 4 N–H and O–H groups in total. The van der Waals surface area contributed by atoms with Crippen molar-refractivity contribution in [3.8, 4) is 0 Å². The molecule has 1 aliphatic rings. The van der Waals surface area contributed by atoms with E-state index in [2.05, 4.69) is 35.5 Å². The fourth-order valence-electron chi connectivity index (χ4n) is 4.72. The monoisotopic (exact) mass is 477 g/mol. The van der Waals surface area contributed by atoms with E-state index in [1.807, 2.05) is 36.7 Å². The molecular weight excluding hydrogens is 438 g/mol. The Hall–Kier alpha value is -2.97. The van der Waals surface area contributed by atoms with E-state index in [-0.39, 0.29) is 5.91 Å². The van der Waals surface area contributed by atoms with Crippen LogP contribution < -0.4 is 10.6 Å². The van der Waals surface area contributed by atoms with Crippen LogP contribution in [0, 0.1) is 0 Å². The summed E-state index contributed by atoms with van der Waals surface area (Å²) in [7, 11) is 0. The van der Waals surface area contributed by atoms with Crippen molar-refractivity contribution in [1.82, 2.24) is 35.5 Å². The first kappa shape index (κ1) is 25.1. The Kier molecular flexibility index (Phi) is 9.91. The molecule has 0 spiro atoms. The number of carbonyl (C=O) groups is 1. The number of hydrogen-bond donors (Lipinski definition) is 4. The van der Waals surface area contributed by atoms with Crippen molar-refractivity contribution in [2.45, 2.75) is 77.0 Å². The lowest BCUT2D eigenvalue weighted by Crippen LogP contribution is -2.30. The molecule has 0 radical (unpaired) electrons. The molecule has 3 aromatic rings.